The molecule has 0 aliphatic carbocycles. The summed E-state index contributed by atoms with van der Waals surface area (Å²) in [7, 11) is 1.63. The molecule has 0 spiro atoms. The number of nitrogens with two attached hydrogens (primary N) is 1. The van der Waals surface area contributed by atoms with Gasteiger partial charge in [-0.15, -0.1) is 0 Å². The number of hydrogen-bond donors (Lipinski definition) is 3. The van der Waals surface area contributed by atoms with Crippen LogP contribution in [-0.2, 0) is 11.4 Å². The lowest BCUT2D eigenvalue weighted by Crippen LogP contribution is -2.17. The predicted octanol–water partition coefficient (Wildman–Crippen LogP) is 3.40. The number of fused-ring (bicyclic) bond motifs is 1. The van der Waals surface area contributed by atoms with Crippen LogP contribution < -0.4 is 10.5 Å². The number of imidazole rings is 1. The molecule has 168 valence electrons. The number of aliphatic imine (C=N–C) groups is 1. The van der Waals surface area contributed by atoms with Gasteiger partial charge in [0.05, 0.1) is 11.6 Å². The second kappa shape index (κ2) is 9.99. The third kappa shape index (κ3) is 4.52. The molecule has 1 aromatic carbocycles. The average Bonchev–Trinajstić information content (AvgIpc) is 3.30. The molecule has 0 saturated carbocycles. The van der Waals surface area contributed by atoms with Crippen LogP contribution in [0.15, 0.2) is 77.3 Å². The molecule has 3 heterocycles. The Morgan fingerprint density at radius 3 is 2.82 bits per heavy atom. The second-order valence-electron chi connectivity index (χ2n) is 7.12. The van der Waals surface area contributed by atoms with Crippen LogP contribution in [0.1, 0.15) is 16.8 Å². The molecule has 4 aromatic rings. The summed E-state index contributed by atoms with van der Waals surface area (Å²) in [4.78, 5) is 12.6. The normalized spacial score (nSPS) is 12.6. The number of benzene rings is 1. The van der Waals surface area contributed by atoms with E-state index in [-0.39, 0.29) is 0 Å². The number of nitriles is 1. The molecule has 3 aromatic heterocycles. The lowest BCUT2D eigenvalue weighted by Gasteiger charge is -2.14. The van der Waals surface area contributed by atoms with Gasteiger partial charge in [0.1, 0.15) is 34.6 Å². The highest BCUT2D eigenvalue weighted by molar-refractivity contribution is 7.92. The number of aromatic nitrogens is 3. The van der Waals surface area contributed by atoms with Crippen LogP contribution >= 0.6 is 0 Å². The number of pyridine rings is 2. The molecule has 0 bridgehead atoms. The molecular formula is C24H20N8OS. The molecule has 10 heteroatoms. The second-order valence-corrected chi connectivity index (χ2v) is 8.28. The Bertz CT molecular complexity index is 1470. The highest BCUT2D eigenvalue weighted by Gasteiger charge is 2.20. The molecule has 4 N–H and O–H groups in total. The van der Waals surface area contributed by atoms with E-state index in [1.807, 2.05) is 30.5 Å². The zero-order chi connectivity index (χ0) is 24.1. The van der Waals surface area contributed by atoms with Crippen LogP contribution in [0.5, 0.6) is 0 Å². The van der Waals surface area contributed by atoms with Gasteiger partial charge >= 0.3 is 0 Å². The first-order valence-electron chi connectivity index (χ1n) is 10.1. The van der Waals surface area contributed by atoms with Crippen molar-refractivity contribution in [3.8, 4) is 17.2 Å². The number of anilines is 1. The van der Waals surface area contributed by atoms with Crippen molar-refractivity contribution in [3.63, 3.8) is 0 Å². The average molecular weight is 469 g/mol. The molecule has 1 atom stereocenters. The molecule has 0 aliphatic rings. The maximum Gasteiger partial charge on any atom is 0.276 e. The Kier molecular flexibility index (Phi) is 6.68. The van der Waals surface area contributed by atoms with Gasteiger partial charge in [0.25, 0.3) is 5.03 Å². The molecule has 4 rings (SSSR count). The number of rotatable bonds is 7. The zero-order valence-corrected chi connectivity index (χ0v) is 19.0. The molecule has 0 fully saturated rings. The maximum atomic E-state index is 13.3. The molecule has 1 unspecified atom stereocenters. The van der Waals surface area contributed by atoms with Crippen LogP contribution in [0, 0.1) is 16.7 Å². The van der Waals surface area contributed by atoms with Gasteiger partial charge in [-0.05, 0) is 41.5 Å². The minimum absolute atomic E-state index is 0.324. The third-order valence-electron chi connectivity index (χ3n) is 5.03. The fourth-order valence-electron chi connectivity index (χ4n) is 3.37. The lowest BCUT2D eigenvalue weighted by atomic mass is 10.1. The Labute approximate surface area is 199 Å². The van der Waals surface area contributed by atoms with Crippen molar-refractivity contribution in [2.24, 2.45) is 10.7 Å². The van der Waals surface area contributed by atoms with Gasteiger partial charge in [-0.25, -0.2) is 4.98 Å². The minimum Gasteiger partial charge on any atom is -0.587 e. The Morgan fingerprint density at radius 1 is 1.24 bits per heavy atom. The first-order valence-corrected chi connectivity index (χ1v) is 11.2. The lowest BCUT2D eigenvalue weighted by molar-refractivity contribution is 0.595. The summed E-state index contributed by atoms with van der Waals surface area (Å²) in [6.07, 6.45) is 9.01. The highest BCUT2D eigenvalue weighted by Crippen LogP contribution is 2.25. The molecule has 0 saturated heterocycles. The number of allylic oxidation sites excluding steroid dienone is 1. The highest BCUT2D eigenvalue weighted by atomic mass is 32.2. The summed E-state index contributed by atoms with van der Waals surface area (Å²) in [5.74, 6) is 0. The molecular weight excluding hydrogens is 448 g/mol. The Balaban J connectivity index is 1.70. The first kappa shape index (κ1) is 22.7. The summed E-state index contributed by atoms with van der Waals surface area (Å²) >= 11 is -1.72. The molecule has 34 heavy (non-hydrogen) atoms. The van der Waals surface area contributed by atoms with E-state index in [2.05, 4.69) is 25.8 Å². The van der Waals surface area contributed by atoms with Crippen LogP contribution in [0.25, 0.3) is 22.3 Å². The van der Waals surface area contributed by atoms with E-state index in [1.165, 1.54) is 12.4 Å². The number of nitrogens with zero attached hydrogens (tertiary/aromatic N) is 5. The van der Waals surface area contributed by atoms with E-state index in [1.54, 1.807) is 42.1 Å². The summed E-state index contributed by atoms with van der Waals surface area (Å²) in [5, 5.41) is 17.3. The van der Waals surface area contributed by atoms with Crippen LogP contribution in [0.3, 0.4) is 0 Å². The first-order chi connectivity index (χ1) is 16.6. The van der Waals surface area contributed by atoms with Crippen molar-refractivity contribution in [3.05, 3.63) is 84.1 Å². The monoisotopic (exact) mass is 468 g/mol. The van der Waals surface area contributed by atoms with E-state index in [9.17, 15) is 9.81 Å². The summed E-state index contributed by atoms with van der Waals surface area (Å²) in [6, 6.07) is 14.8. The Hall–Kier alpha value is -4.46. The standard InChI is InChI=1S/C24H20N8OS/c1-28-12-20(10-26)19-8-21(22(11-27)29-13-19)31-34(33)24-14-30-23-6-5-18(15-32(23)24)17-4-2-3-16(7-17)9-25/h2-8,10-15,27,31H,26H2,1H3. The number of hydrogen-bond acceptors (Lipinski definition) is 8. The van der Waals surface area contributed by atoms with Crippen LogP contribution in [-0.4, -0.2) is 38.4 Å². The van der Waals surface area contributed by atoms with E-state index >= 15 is 0 Å². The van der Waals surface area contributed by atoms with Crippen molar-refractivity contribution in [2.45, 2.75) is 5.03 Å². The van der Waals surface area contributed by atoms with Crippen LogP contribution in [0.2, 0.25) is 0 Å². The SMILES string of the molecule is CN=CC(=CN)c1cnc(C=N)c(N[S+]([O-])c2cnc3ccc(-c4cccc(C#N)c4)cn23)c1. The zero-order valence-electron chi connectivity index (χ0n) is 18.1. The molecule has 9 nitrogen and oxygen atoms in total. The topological polar surface area (TPSA) is 151 Å². The van der Waals surface area contributed by atoms with Crippen molar-refractivity contribution < 1.29 is 4.55 Å². The number of nitrogens with one attached hydrogen (secondary N) is 2. The summed E-state index contributed by atoms with van der Waals surface area (Å²) in [6.45, 7) is 0. The van der Waals surface area contributed by atoms with Gasteiger partial charge in [0.15, 0.2) is 0 Å². The van der Waals surface area contributed by atoms with Gasteiger partial charge in [-0.1, -0.05) is 12.1 Å². The minimum atomic E-state index is -1.72. The maximum absolute atomic E-state index is 13.3. The largest absolute Gasteiger partial charge is 0.587 e. The van der Waals surface area contributed by atoms with Crippen molar-refractivity contribution in [2.75, 3.05) is 11.8 Å². The van der Waals surface area contributed by atoms with Crippen molar-refractivity contribution in [1.82, 2.24) is 14.4 Å². The molecule has 0 radical (unpaired) electrons. The fraction of sp³-hybridized carbons (Fsp3) is 0.0417. The van der Waals surface area contributed by atoms with Crippen molar-refractivity contribution in [1.29, 1.82) is 10.7 Å². The van der Waals surface area contributed by atoms with Crippen LogP contribution in [0.4, 0.5) is 5.69 Å². The van der Waals surface area contributed by atoms with E-state index < -0.39 is 11.4 Å². The van der Waals surface area contributed by atoms with E-state index in [4.69, 9.17) is 11.1 Å². The van der Waals surface area contributed by atoms with Gasteiger partial charge in [0, 0.05) is 49.2 Å². The van der Waals surface area contributed by atoms with Gasteiger partial charge in [-0.3, -0.25) is 14.4 Å². The predicted molar refractivity (Wildman–Crippen MR) is 134 cm³/mol. The van der Waals surface area contributed by atoms with E-state index in [0.717, 1.165) is 17.3 Å². The molecule has 0 aliphatic heterocycles. The van der Waals surface area contributed by atoms with Gasteiger partial charge < -0.3 is 15.7 Å². The summed E-state index contributed by atoms with van der Waals surface area (Å²) < 4.78 is 18.0. The molecule has 0 amide bonds. The summed E-state index contributed by atoms with van der Waals surface area (Å²) in [5.41, 5.74) is 10.6. The fourth-order valence-corrected chi connectivity index (χ4v) is 4.31. The van der Waals surface area contributed by atoms with E-state index in [0.29, 0.717) is 38.8 Å². The quantitative estimate of drug-likeness (QED) is 0.279. The third-order valence-corrected chi connectivity index (χ3v) is 6.11. The Morgan fingerprint density at radius 2 is 2.09 bits per heavy atom. The van der Waals surface area contributed by atoms with Crippen molar-refractivity contribution >= 4 is 40.7 Å². The smallest absolute Gasteiger partial charge is 0.276 e. The van der Waals surface area contributed by atoms with Gasteiger partial charge in [0.2, 0.25) is 0 Å². The van der Waals surface area contributed by atoms with Gasteiger partial charge in [-0.2, -0.15) is 9.98 Å².